The third-order valence-corrected chi connectivity index (χ3v) is 7.85. The van der Waals surface area contributed by atoms with E-state index in [1.807, 2.05) is 27.7 Å². The molecular formula is C27H35NO4S. The van der Waals surface area contributed by atoms with E-state index < -0.39 is 17.7 Å². The molecule has 0 aliphatic heterocycles. The fourth-order valence-electron chi connectivity index (χ4n) is 5.32. The number of thiophene rings is 1. The van der Waals surface area contributed by atoms with Crippen molar-refractivity contribution in [2.45, 2.75) is 90.8 Å². The number of fused-ring (bicyclic) bond motifs is 3. The summed E-state index contributed by atoms with van der Waals surface area (Å²) in [6.45, 7) is 12.0. The first kappa shape index (κ1) is 24.0. The van der Waals surface area contributed by atoms with Crippen molar-refractivity contribution in [3.8, 4) is 0 Å². The molecule has 0 bridgehead atoms. The van der Waals surface area contributed by atoms with Gasteiger partial charge in [0, 0.05) is 27.4 Å². The second-order valence-electron chi connectivity index (χ2n) is 10.4. The molecule has 4 rings (SSSR count). The number of aromatic nitrogens is 1. The highest BCUT2D eigenvalue weighted by Crippen LogP contribution is 2.49. The fraction of sp³-hybridized carbons (Fsp3) is 0.556. The van der Waals surface area contributed by atoms with Crippen molar-refractivity contribution in [2.24, 2.45) is 0 Å². The highest BCUT2D eigenvalue weighted by Gasteiger charge is 2.37. The summed E-state index contributed by atoms with van der Waals surface area (Å²) >= 11 is 1.77. The van der Waals surface area contributed by atoms with Crippen molar-refractivity contribution in [3.05, 3.63) is 50.7 Å². The van der Waals surface area contributed by atoms with Gasteiger partial charge in [-0.05, 0) is 83.4 Å². The lowest BCUT2D eigenvalue weighted by Crippen LogP contribution is -2.29. The second kappa shape index (κ2) is 8.88. The third kappa shape index (κ3) is 4.47. The maximum absolute atomic E-state index is 12.6. The summed E-state index contributed by atoms with van der Waals surface area (Å²) in [5, 5.41) is 11.4. The molecule has 5 nitrogen and oxygen atoms in total. The minimum atomic E-state index is -1.10. The Balaban J connectivity index is 2.08. The van der Waals surface area contributed by atoms with E-state index in [-0.39, 0.29) is 5.92 Å². The van der Waals surface area contributed by atoms with Crippen LogP contribution in [0.5, 0.6) is 0 Å². The molecule has 0 saturated heterocycles. The van der Waals surface area contributed by atoms with Gasteiger partial charge in [-0.25, -0.2) is 9.78 Å². The van der Waals surface area contributed by atoms with Gasteiger partial charge in [-0.3, -0.25) is 0 Å². The summed E-state index contributed by atoms with van der Waals surface area (Å²) in [5.74, 6) is 0.224. The van der Waals surface area contributed by atoms with E-state index in [0.29, 0.717) is 11.5 Å². The van der Waals surface area contributed by atoms with Gasteiger partial charge in [-0.15, -0.1) is 11.3 Å². The Morgan fingerprint density at radius 1 is 1.27 bits per heavy atom. The Morgan fingerprint density at radius 2 is 2.00 bits per heavy atom. The van der Waals surface area contributed by atoms with E-state index in [0.717, 1.165) is 52.1 Å². The van der Waals surface area contributed by atoms with E-state index in [9.17, 15) is 9.90 Å². The van der Waals surface area contributed by atoms with Crippen molar-refractivity contribution < 1.29 is 19.4 Å². The van der Waals surface area contributed by atoms with Crippen molar-refractivity contribution in [2.75, 3.05) is 7.11 Å². The second-order valence-corrected chi connectivity index (χ2v) is 11.5. The number of pyridine rings is 1. The topological polar surface area (TPSA) is 68.7 Å². The molecule has 1 N–H and O–H groups in total. The van der Waals surface area contributed by atoms with Crippen molar-refractivity contribution >= 4 is 27.5 Å². The Morgan fingerprint density at radius 3 is 2.64 bits per heavy atom. The number of aliphatic carboxylic acids is 1. The van der Waals surface area contributed by atoms with Gasteiger partial charge in [0.25, 0.3) is 0 Å². The summed E-state index contributed by atoms with van der Waals surface area (Å²) < 4.78 is 12.0. The lowest BCUT2D eigenvalue weighted by atomic mass is 9.79. The zero-order valence-electron chi connectivity index (χ0n) is 20.7. The molecule has 2 heterocycles. The molecule has 0 radical (unpaired) electrons. The van der Waals surface area contributed by atoms with Crippen molar-refractivity contribution in [3.63, 3.8) is 0 Å². The molecule has 2 aliphatic rings. The normalized spacial score (nSPS) is 21.9. The molecule has 3 atom stereocenters. The first-order valence-electron chi connectivity index (χ1n) is 11.8. The lowest BCUT2D eigenvalue weighted by Gasteiger charge is -2.32. The lowest BCUT2D eigenvalue weighted by molar-refractivity contribution is -0.160. The molecule has 178 valence electrons. The van der Waals surface area contributed by atoms with Crippen LogP contribution in [0.25, 0.3) is 10.2 Å². The van der Waals surface area contributed by atoms with E-state index in [4.69, 9.17) is 14.5 Å². The van der Waals surface area contributed by atoms with Gasteiger partial charge in [-0.1, -0.05) is 18.6 Å². The van der Waals surface area contributed by atoms with Gasteiger partial charge in [0.2, 0.25) is 0 Å². The van der Waals surface area contributed by atoms with Crippen LogP contribution in [-0.4, -0.2) is 28.8 Å². The largest absolute Gasteiger partial charge is 0.500 e. The molecule has 0 saturated carbocycles. The first-order chi connectivity index (χ1) is 15.5. The average molecular weight is 470 g/mol. The standard InChI is InChI=1S/C27H35NO4S/c1-14-11-12-17(18(13-14)31-7)22-21(24(26(29)30)32-27(4,5)6)16(3)28-25-23(22)20-15(2)9-8-10-19(20)33-25/h11,13,15,17,24H,8-10,12H2,1-7H3,(H,29,30). The van der Waals surface area contributed by atoms with Crippen LogP contribution in [0.1, 0.15) is 99.1 Å². The van der Waals surface area contributed by atoms with Gasteiger partial charge in [-0.2, -0.15) is 0 Å². The molecule has 0 amide bonds. The molecule has 0 fully saturated rings. The Bertz CT molecular complexity index is 1150. The first-order valence-corrected chi connectivity index (χ1v) is 12.6. The molecule has 0 aromatic carbocycles. The molecule has 2 aliphatic carbocycles. The number of rotatable bonds is 5. The van der Waals surface area contributed by atoms with Gasteiger partial charge in [0.15, 0.2) is 6.10 Å². The van der Waals surface area contributed by atoms with Crippen LogP contribution in [0, 0.1) is 6.92 Å². The summed E-state index contributed by atoms with van der Waals surface area (Å²) in [6, 6.07) is 0. The van der Waals surface area contributed by atoms with Crippen LogP contribution in [0.4, 0.5) is 0 Å². The minimum Gasteiger partial charge on any atom is -0.500 e. The van der Waals surface area contributed by atoms with E-state index in [1.54, 1.807) is 18.4 Å². The maximum atomic E-state index is 12.6. The molecule has 2 aromatic heterocycles. The van der Waals surface area contributed by atoms with Crippen LogP contribution in [0.15, 0.2) is 23.5 Å². The number of hydrogen-bond acceptors (Lipinski definition) is 5. The Hall–Kier alpha value is -2.18. The maximum Gasteiger partial charge on any atom is 0.337 e. The zero-order chi connectivity index (χ0) is 24.1. The zero-order valence-corrected chi connectivity index (χ0v) is 21.6. The number of ether oxygens (including phenoxy) is 2. The fourth-order valence-corrected chi connectivity index (χ4v) is 6.72. The summed E-state index contributed by atoms with van der Waals surface area (Å²) in [6.07, 6.45) is 7.32. The van der Waals surface area contributed by atoms with E-state index >= 15 is 0 Å². The van der Waals surface area contributed by atoms with Crippen molar-refractivity contribution in [1.82, 2.24) is 4.98 Å². The summed E-state index contributed by atoms with van der Waals surface area (Å²) in [4.78, 5) is 20.0. The third-order valence-electron chi connectivity index (χ3n) is 6.69. The Kier molecular flexibility index (Phi) is 6.45. The van der Waals surface area contributed by atoms with Gasteiger partial charge >= 0.3 is 5.97 Å². The predicted molar refractivity (Wildman–Crippen MR) is 133 cm³/mol. The van der Waals surface area contributed by atoms with Gasteiger partial charge in [0.1, 0.15) is 10.6 Å². The quantitative estimate of drug-likeness (QED) is 0.513. The number of nitrogens with zero attached hydrogens (tertiary/aromatic N) is 1. The number of allylic oxidation sites excluding steroid dienone is 4. The molecule has 2 aromatic rings. The number of hydrogen-bond donors (Lipinski definition) is 1. The molecular weight excluding hydrogens is 434 g/mol. The smallest absolute Gasteiger partial charge is 0.337 e. The Labute approximate surface area is 200 Å². The number of carbonyl (C=O) groups is 1. The molecule has 0 spiro atoms. The van der Waals surface area contributed by atoms with Crippen LogP contribution in [0.2, 0.25) is 0 Å². The summed E-state index contributed by atoms with van der Waals surface area (Å²) in [7, 11) is 1.70. The monoisotopic (exact) mass is 469 g/mol. The van der Waals surface area contributed by atoms with E-state index in [2.05, 4.69) is 26.0 Å². The number of aryl methyl sites for hydroxylation is 2. The van der Waals surface area contributed by atoms with Crippen molar-refractivity contribution in [1.29, 1.82) is 0 Å². The molecule has 33 heavy (non-hydrogen) atoms. The average Bonchev–Trinajstić information content (AvgIpc) is 3.09. The SMILES string of the molecule is COC1=CC(C)=CCC1c1c(C(OC(C)(C)C)C(=O)O)c(C)nc2sc3c(c12)C(C)CCC3. The molecule has 3 unspecified atom stereocenters. The number of methoxy groups -OCH3 is 1. The highest BCUT2D eigenvalue weighted by atomic mass is 32.1. The van der Waals surface area contributed by atoms with Crippen LogP contribution >= 0.6 is 11.3 Å². The van der Waals surface area contributed by atoms with Gasteiger partial charge in [0.05, 0.1) is 12.7 Å². The number of carboxylic acid groups (broad SMARTS) is 1. The van der Waals surface area contributed by atoms with E-state index in [1.165, 1.54) is 16.9 Å². The predicted octanol–water partition coefficient (Wildman–Crippen LogP) is 6.95. The van der Waals surface area contributed by atoms with Crippen LogP contribution < -0.4 is 0 Å². The summed E-state index contributed by atoms with van der Waals surface area (Å²) in [5.41, 5.74) is 4.33. The van der Waals surface area contributed by atoms with Crippen LogP contribution in [0.3, 0.4) is 0 Å². The van der Waals surface area contributed by atoms with Gasteiger partial charge < -0.3 is 14.6 Å². The molecule has 6 heteroatoms. The minimum absolute atomic E-state index is 0.0730. The van der Waals surface area contributed by atoms with Crippen LogP contribution in [-0.2, 0) is 20.7 Å². The number of carboxylic acids is 1. The highest BCUT2D eigenvalue weighted by molar-refractivity contribution is 7.18.